The van der Waals surface area contributed by atoms with Gasteiger partial charge in [0.15, 0.2) is 5.69 Å². The van der Waals surface area contributed by atoms with Gasteiger partial charge in [0.05, 0.1) is 7.11 Å². The summed E-state index contributed by atoms with van der Waals surface area (Å²) in [4.78, 5) is 30.2. The maximum absolute atomic E-state index is 11.1. The number of anilines is 1. The molecule has 76 valence electrons. The number of rotatable bonds is 2. The highest BCUT2D eigenvalue weighted by atomic mass is 16.5. The number of ether oxygens (including phenoxy) is 1. The van der Waals surface area contributed by atoms with Crippen LogP contribution in [0.4, 0.5) is 5.95 Å². The van der Waals surface area contributed by atoms with E-state index in [2.05, 4.69) is 14.7 Å². The topological polar surface area (TPSA) is 75.3 Å². The van der Waals surface area contributed by atoms with E-state index in [1.807, 2.05) is 0 Å². The average Bonchev–Trinajstić information content (AvgIpc) is 2.15. The van der Waals surface area contributed by atoms with Gasteiger partial charge in [-0.2, -0.15) is 0 Å². The lowest BCUT2D eigenvalue weighted by molar-refractivity contribution is 0.0594. The molecule has 0 atom stereocenters. The summed E-state index contributed by atoms with van der Waals surface area (Å²) < 4.78 is 4.45. The first kappa shape index (κ1) is 10.2. The summed E-state index contributed by atoms with van der Waals surface area (Å²) >= 11 is 0. The minimum atomic E-state index is -0.626. The third-order valence-corrected chi connectivity index (χ3v) is 1.55. The van der Waals surface area contributed by atoms with E-state index in [0.717, 1.165) is 6.07 Å². The molecular formula is C8H11N3O3. The zero-order valence-corrected chi connectivity index (χ0v) is 8.20. The molecule has 0 spiro atoms. The van der Waals surface area contributed by atoms with E-state index in [0.29, 0.717) is 5.95 Å². The Balaban J connectivity index is 3.20. The predicted molar refractivity (Wildman–Crippen MR) is 50.5 cm³/mol. The second kappa shape index (κ2) is 3.91. The molecule has 0 saturated heterocycles. The number of esters is 1. The van der Waals surface area contributed by atoms with Crippen molar-refractivity contribution in [2.24, 2.45) is 0 Å². The van der Waals surface area contributed by atoms with Gasteiger partial charge in [-0.25, -0.2) is 9.78 Å². The van der Waals surface area contributed by atoms with Crippen molar-refractivity contribution in [1.82, 2.24) is 9.97 Å². The SMILES string of the molecule is COC(=O)c1cc(=O)[nH]c(N(C)C)n1. The number of methoxy groups -OCH3 is 1. The van der Waals surface area contributed by atoms with Crippen LogP contribution in [0.1, 0.15) is 10.5 Å². The highest BCUT2D eigenvalue weighted by Crippen LogP contribution is 2.01. The van der Waals surface area contributed by atoms with Crippen LogP contribution in [0.25, 0.3) is 0 Å². The van der Waals surface area contributed by atoms with Crippen LogP contribution in [0, 0.1) is 0 Å². The van der Waals surface area contributed by atoms with E-state index in [-0.39, 0.29) is 11.3 Å². The molecule has 0 aromatic carbocycles. The molecule has 0 aliphatic carbocycles. The molecular weight excluding hydrogens is 186 g/mol. The van der Waals surface area contributed by atoms with Gasteiger partial charge in [-0.05, 0) is 0 Å². The Morgan fingerprint density at radius 3 is 2.71 bits per heavy atom. The van der Waals surface area contributed by atoms with Crippen LogP contribution in [-0.4, -0.2) is 37.1 Å². The van der Waals surface area contributed by atoms with Gasteiger partial charge in [0, 0.05) is 20.2 Å². The van der Waals surface area contributed by atoms with Crippen molar-refractivity contribution in [2.45, 2.75) is 0 Å². The van der Waals surface area contributed by atoms with Gasteiger partial charge >= 0.3 is 5.97 Å². The number of nitrogens with zero attached hydrogens (tertiary/aromatic N) is 2. The standard InChI is InChI=1S/C8H11N3O3/c1-11(2)8-9-5(7(13)14-3)4-6(12)10-8/h4H,1-3H3,(H,9,10,12). The lowest BCUT2D eigenvalue weighted by atomic mass is 10.4. The molecule has 1 aromatic rings. The minimum absolute atomic E-state index is 0.0000463. The van der Waals surface area contributed by atoms with E-state index in [1.54, 1.807) is 19.0 Å². The van der Waals surface area contributed by atoms with Crippen LogP contribution in [0.5, 0.6) is 0 Å². The fourth-order valence-corrected chi connectivity index (χ4v) is 0.866. The molecule has 0 amide bonds. The molecule has 0 radical (unpaired) electrons. The molecule has 0 aliphatic rings. The maximum Gasteiger partial charge on any atom is 0.357 e. The molecule has 6 nitrogen and oxygen atoms in total. The molecule has 14 heavy (non-hydrogen) atoms. The first-order valence-corrected chi connectivity index (χ1v) is 3.91. The second-order valence-electron chi connectivity index (χ2n) is 2.84. The molecule has 0 unspecified atom stereocenters. The first-order valence-electron chi connectivity index (χ1n) is 3.91. The molecule has 0 fully saturated rings. The molecule has 0 bridgehead atoms. The van der Waals surface area contributed by atoms with Crippen molar-refractivity contribution in [1.29, 1.82) is 0 Å². The summed E-state index contributed by atoms with van der Waals surface area (Å²) in [6, 6.07) is 1.10. The predicted octanol–water partition coefficient (Wildman–Crippen LogP) is -0.378. The fourth-order valence-electron chi connectivity index (χ4n) is 0.866. The van der Waals surface area contributed by atoms with Gasteiger partial charge in [-0.1, -0.05) is 0 Å². The Bertz CT molecular complexity index is 397. The van der Waals surface area contributed by atoms with E-state index < -0.39 is 5.97 Å². The van der Waals surface area contributed by atoms with E-state index in [4.69, 9.17) is 0 Å². The maximum atomic E-state index is 11.1. The summed E-state index contributed by atoms with van der Waals surface area (Å²) in [6.45, 7) is 0. The first-order chi connectivity index (χ1) is 6.54. The molecule has 1 N–H and O–H groups in total. The number of hydrogen-bond donors (Lipinski definition) is 1. The van der Waals surface area contributed by atoms with E-state index >= 15 is 0 Å². The van der Waals surface area contributed by atoms with Crippen LogP contribution in [-0.2, 0) is 4.74 Å². The van der Waals surface area contributed by atoms with Gasteiger partial charge in [0.1, 0.15) is 0 Å². The smallest absolute Gasteiger partial charge is 0.357 e. The van der Waals surface area contributed by atoms with Gasteiger partial charge in [0.25, 0.3) is 5.56 Å². The highest BCUT2D eigenvalue weighted by molar-refractivity contribution is 5.87. The van der Waals surface area contributed by atoms with Crippen molar-refractivity contribution < 1.29 is 9.53 Å². The summed E-state index contributed by atoms with van der Waals surface area (Å²) in [5.41, 5.74) is -0.385. The van der Waals surface area contributed by atoms with Crippen LogP contribution in [0.2, 0.25) is 0 Å². The molecule has 1 aromatic heterocycles. The van der Waals surface area contributed by atoms with Crippen molar-refractivity contribution in [3.05, 3.63) is 22.1 Å². The van der Waals surface area contributed by atoms with Crippen LogP contribution >= 0.6 is 0 Å². The van der Waals surface area contributed by atoms with Gasteiger partial charge in [-0.3, -0.25) is 9.78 Å². The largest absolute Gasteiger partial charge is 0.464 e. The molecule has 6 heteroatoms. The number of H-pyrrole nitrogens is 1. The van der Waals surface area contributed by atoms with Gasteiger partial charge < -0.3 is 9.64 Å². The second-order valence-corrected chi connectivity index (χ2v) is 2.84. The number of carbonyl (C=O) groups is 1. The highest BCUT2D eigenvalue weighted by Gasteiger charge is 2.10. The third kappa shape index (κ3) is 2.09. The Morgan fingerprint density at radius 1 is 1.57 bits per heavy atom. The summed E-state index contributed by atoms with van der Waals surface area (Å²) in [7, 11) is 4.65. The van der Waals surface area contributed by atoms with E-state index in [9.17, 15) is 9.59 Å². The van der Waals surface area contributed by atoms with Crippen molar-refractivity contribution in [2.75, 3.05) is 26.1 Å². The average molecular weight is 197 g/mol. The summed E-state index contributed by atoms with van der Waals surface area (Å²) in [6.07, 6.45) is 0. The molecule has 0 saturated carbocycles. The molecule has 1 rings (SSSR count). The van der Waals surface area contributed by atoms with E-state index in [1.165, 1.54) is 7.11 Å². The Kier molecular flexibility index (Phi) is 2.85. The quantitative estimate of drug-likeness (QED) is 0.654. The van der Waals surface area contributed by atoms with Crippen molar-refractivity contribution in [3.8, 4) is 0 Å². The fraction of sp³-hybridized carbons (Fsp3) is 0.375. The summed E-state index contributed by atoms with van der Waals surface area (Å²) in [5.74, 6) is -0.308. The molecule has 0 aliphatic heterocycles. The van der Waals surface area contributed by atoms with Crippen molar-refractivity contribution in [3.63, 3.8) is 0 Å². The number of nitrogens with one attached hydrogen (secondary N) is 1. The zero-order valence-electron chi connectivity index (χ0n) is 8.20. The number of aromatic nitrogens is 2. The Morgan fingerprint density at radius 2 is 2.21 bits per heavy atom. The lowest BCUT2D eigenvalue weighted by Gasteiger charge is -2.10. The third-order valence-electron chi connectivity index (χ3n) is 1.55. The van der Waals surface area contributed by atoms with Crippen molar-refractivity contribution >= 4 is 11.9 Å². The van der Waals surface area contributed by atoms with Crippen LogP contribution in [0.15, 0.2) is 10.9 Å². The summed E-state index contributed by atoms with van der Waals surface area (Å²) in [5, 5.41) is 0. The molecule has 1 heterocycles. The normalized spacial score (nSPS) is 9.64. The number of aromatic amines is 1. The monoisotopic (exact) mass is 197 g/mol. The number of hydrogen-bond acceptors (Lipinski definition) is 5. The van der Waals surface area contributed by atoms with Crippen LogP contribution in [0.3, 0.4) is 0 Å². The Labute approximate surface area is 80.5 Å². The zero-order chi connectivity index (χ0) is 10.7. The minimum Gasteiger partial charge on any atom is -0.464 e. The van der Waals surface area contributed by atoms with Gasteiger partial charge in [-0.15, -0.1) is 0 Å². The van der Waals surface area contributed by atoms with Crippen LogP contribution < -0.4 is 10.5 Å². The lowest BCUT2D eigenvalue weighted by Crippen LogP contribution is -2.21. The Hall–Kier alpha value is -1.85. The van der Waals surface area contributed by atoms with Gasteiger partial charge in [0.2, 0.25) is 5.95 Å². The number of carbonyl (C=O) groups excluding carboxylic acids is 1.